The minimum atomic E-state index is -0.202. The molecular formula is C21H23N3O3. The number of fused-ring (bicyclic) bond motifs is 1. The predicted molar refractivity (Wildman–Crippen MR) is 103 cm³/mol. The number of para-hydroxylation sites is 1. The molecule has 6 nitrogen and oxygen atoms in total. The van der Waals surface area contributed by atoms with Gasteiger partial charge in [-0.05, 0) is 55.2 Å². The van der Waals surface area contributed by atoms with Gasteiger partial charge in [-0.15, -0.1) is 0 Å². The van der Waals surface area contributed by atoms with Crippen molar-refractivity contribution in [2.75, 3.05) is 18.5 Å². The number of anilines is 1. The Hall–Kier alpha value is -3.02. The topological polar surface area (TPSA) is 79.5 Å². The summed E-state index contributed by atoms with van der Waals surface area (Å²) in [4.78, 5) is 24.1. The maximum Gasteiger partial charge on any atom is 0.319 e. The summed E-state index contributed by atoms with van der Waals surface area (Å²) in [6, 6.07) is 15.0. The summed E-state index contributed by atoms with van der Waals surface area (Å²) in [5.74, 6) is 1.08. The summed E-state index contributed by atoms with van der Waals surface area (Å²) < 4.78 is 5.76. The molecule has 0 spiro atoms. The van der Waals surface area contributed by atoms with Crippen LogP contribution in [0.3, 0.4) is 0 Å². The van der Waals surface area contributed by atoms with E-state index in [-0.39, 0.29) is 17.9 Å². The molecule has 27 heavy (non-hydrogen) atoms. The molecule has 3 N–H and O–H groups in total. The van der Waals surface area contributed by atoms with E-state index in [1.54, 1.807) is 24.3 Å². The van der Waals surface area contributed by atoms with Gasteiger partial charge in [-0.1, -0.05) is 18.2 Å². The second-order valence-corrected chi connectivity index (χ2v) is 7.15. The lowest BCUT2D eigenvalue weighted by molar-refractivity contribution is 0.0939. The van der Waals surface area contributed by atoms with E-state index in [1.807, 2.05) is 18.2 Å². The van der Waals surface area contributed by atoms with E-state index in [0.29, 0.717) is 30.4 Å². The zero-order valence-corrected chi connectivity index (χ0v) is 15.0. The molecule has 1 unspecified atom stereocenters. The Labute approximate surface area is 158 Å². The molecule has 1 atom stereocenters. The Morgan fingerprint density at radius 2 is 1.81 bits per heavy atom. The molecule has 1 fully saturated rings. The summed E-state index contributed by atoms with van der Waals surface area (Å²) >= 11 is 0. The molecule has 3 amide bonds. The number of nitrogens with one attached hydrogen (secondary N) is 3. The van der Waals surface area contributed by atoms with Crippen LogP contribution in [0.4, 0.5) is 10.5 Å². The zero-order valence-electron chi connectivity index (χ0n) is 15.0. The number of carbonyl (C=O) groups is 2. The zero-order chi connectivity index (χ0) is 18.6. The Morgan fingerprint density at radius 3 is 2.59 bits per heavy atom. The van der Waals surface area contributed by atoms with Gasteiger partial charge < -0.3 is 20.7 Å². The maximum absolute atomic E-state index is 12.4. The molecule has 0 saturated heterocycles. The van der Waals surface area contributed by atoms with Crippen molar-refractivity contribution in [3.63, 3.8) is 0 Å². The average molecular weight is 365 g/mol. The van der Waals surface area contributed by atoms with Crippen molar-refractivity contribution < 1.29 is 14.3 Å². The molecular weight excluding hydrogens is 342 g/mol. The molecule has 1 saturated carbocycles. The molecule has 2 aliphatic rings. The van der Waals surface area contributed by atoms with Gasteiger partial charge in [0.05, 0.1) is 6.61 Å². The highest BCUT2D eigenvalue weighted by Crippen LogP contribution is 2.26. The lowest BCUT2D eigenvalue weighted by Crippen LogP contribution is -2.34. The SMILES string of the molecule is O=C(Nc1ccc(C(=O)NCC2COc3ccccc3C2)cc1)NC1CC1. The largest absolute Gasteiger partial charge is 0.493 e. The van der Waals surface area contributed by atoms with Crippen LogP contribution >= 0.6 is 0 Å². The number of hydrogen-bond donors (Lipinski definition) is 3. The van der Waals surface area contributed by atoms with Gasteiger partial charge in [0.15, 0.2) is 0 Å². The van der Waals surface area contributed by atoms with E-state index in [1.165, 1.54) is 5.56 Å². The van der Waals surface area contributed by atoms with E-state index in [0.717, 1.165) is 25.0 Å². The van der Waals surface area contributed by atoms with Gasteiger partial charge in [0, 0.05) is 29.8 Å². The normalized spacial score (nSPS) is 18.0. The van der Waals surface area contributed by atoms with Gasteiger partial charge in [-0.2, -0.15) is 0 Å². The van der Waals surface area contributed by atoms with Crippen LogP contribution in [0.2, 0.25) is 0 Å². The van der Waals surface area contributed by atoms with Crippen LogP contribution < -0.4 is 20.7 Å². The van der Waals surface area contributed by atoms with Gasteiger partial charge >= 0.3 is 6.03 Å². The number of hydrogen-bond acceptors (Lipinski definition) is 3. The van der Waals surface area contributed by atoms with E-state index in [9.17, 15) is 9.59 Å². The first-order valence-electron chi connectivity index (χ1n) is 9.34. The fourth-order valence-corrected chi connectivity index (χ4v) is 3.15. The van der Waals surface area contributed by atoms with Crippen LogP contribution in [0.5, 0.6) is 5.75 Å². The molecule has 0 aromatic heterocycles. The highest BCUT2D eigenvalue weighted by Gasteiger charge is 2.23. The quantitative estimate of drug-likeness (QED) is 0.762. The van der Waals surface area contributed by atoms with Crippen molar-refractivity contribution in [1.82, 2.24) is 10.6 Å². The second-order valence-electron chi connectivity index (χ2n) is 7.15. The van der Waals surface area contributed by atoms with Gasteiger partial charge in [0.25, 0.3) is 5.91 Å². The lowest BCUT2D eigenvalue weighted by Gasteiger charge is -2.25. The molecule has 2 aromatic rings. The van der Waals surface area contributed by atoms with Crippen molar-refractivity contribution in [3.05, 3.63) is 59.7 Å². The molecule has 1 aliphatic carbocycles. The number of rotatable bonds is 5. The van der Waals surface area contributed by atoms with Crippen molar-refractivity contribution in [3.8, 4) is 5.75 Å². The van der Waals surface area contributed by atoms with E-state index >= 15 is 0 Å². The van der Waals surface area contributed by atoms with Crippen LogP contribution in [-0.4, -0.2) is 31.1 Å². The molecule has 0 radical (unpaired) electrons. The Balaban J connectivity index is 1.26. The third-order valence-corrected chi connectivity index (χ3v) is 4.82. The summed E-state index contributed by atoms with van der Waals surface area (Å²) in [5.41, 5.74) is 2.42. The molecule has 2 aromatic carbocycles. The van der Waals surface area contributed by atoms with Gasteiger partial charge in [0.2, 0.25) is 0 Å². The molecule has 140 valence electrons. The highest BCUT2D eigenvalue weighted by molar-refractivity contribution is 5.95. The van der Waals surface area contributed by atoms with Crippen LogP contribution in [0, 0.1) is 5.92 Å². The average Bonchev–Trinajstić information content (AvgIpc) is 3.50. The fourth-order valence-electron chi connectivity index (χ4n) is 3.15. The number of amides is 3. The Morgan fingerprint density at radius 1 is 1.04 bits per heavy atom. The third kappa shape index (κ3) is 4.58. The Bertz CT molecular complexity index is 831. The molecule has 4 rings (SSSR count). The first-order chi connectivity index (χ1) is 13.2. The summed E-state index contributed by atoms with van der Waals surface area (Å²) in [7, 11) is 0. The minimum absolute atomic E-state index is 0.122. The first kappa shape index (κ1) is 17.4. The fraction of sp³-hybridized carbons (Fsp3) is 0.333. The summed E-state index contributed by atoms with van der Waals surface area (Å²) in [5, 5.41) is 8.61. The standard InChI is InChI=1S/C21H23N3O3/c25-20(22-12-14-11-16-3-1-2-4-19(16)27-13-14)15-5-7-17(8-6-15)23-21(26)24-18-9-10-18/h1-8,14,18H,9-13H2,(H,22,25)(H2,23,24,26). The molecule has 1 aliphatic heterocycles. The molecule has 0 bridgehead atoms. The highest BCUT2D eigenvalue weighted by atomic mass is 16.5. The smallest absolute Gasteiger partial charge is 0.319 e. The number of carbonyl (C=O) groups excluding carboxylic acids is 2. The van der Waals surface area contributed by atoms with Crippen LogP contribution in [-0.2, 0) is 6.42 Å². The second kappa shape index (κ2) is 7.70. The molecule has 6 heteroatoms. The van der Waals surface area contributed by atoms with E-state index < -0.39 is 0 Å². The van der Waals surface area contributed by atoms with Crippen molar-refractivity contribution in [2.24, 2.45) is 5.92 Å². The van der Waals surface area contributed by atoms with E-state index in [4.69, 9.17) is 4.74 Å². The monoisotopic (exact) mass is 365 g/mol. The molecule has 1 heterocycles. The van der Waals surface area contributed by atoms with Crippen LogP contribution in [0.1, 0.15) is 28.8 Å². The first-order valence-corrected chi connectivity index (χ1v) is 9.34. The van der Waals surface area contributed by atoms with Crippen molar-refractivity contribution >= 4 is 17.6 Å². The number of urea groups is 1. The number of benzene rings is 2. The minimum Gasteiger partial charge on any atom is -0.493 e. The lowest BCUT2D eigenvalue weighted by atomic mass is 9.96. The van der Waals surface area contributed by atoms with E-state index in [2.05, 4.69) is 22.0 Å². The van der Waals surface area contributed by atoms with Crippen LogP contribution in [0.25, 0.3) is 0 Å². The summed E-state index contributed by atoms with van der Waals surface area (Å²) in [6.07, 6.45) is 2.99. The maximum atomic E-state index is 12.4. The van der Waals surface area contributed by atoms with Gasteiger partial charge in [-0.3, -0.25) is 4.79 Å². The van der Waals surface area contributed by atoms with Crippen LogP contribution in [0.15, 0.2) is 48.5 Å². The predicted octanol–water partition coefficient (Wildman–Crippen LogP) is 2.95. The third-order valence-electron chi connectivity index (χ3n) is 4.82. The van der Waals surface area contributed by atoms with Crippen molar-refractivity contribution in [2.45, 2.75) is 25.3 Å². The number of ether oxygens (including phenoxy) is 1. The Kier molecular flexibility index (Phi) is 4.96. The summed E-state index contributed by atoms with van der Waals surface area (Å²) in [6.45, 7) is 1.17. The van der Waals surface area contributed by atoms with Gasteiger partial charge in [-0.25, -0.2) is 4.79 Å². The van der Waals surface area contributed by atoms with Gasteiger partial charge in [0.1, 0.15) is 5.75 Å². The van der Waals surface area contributed by atoms with Crippen molar-refractivity contribution in [1.29, 1.82) is 0 Å².